The van der Waals surface area contributed by atoms with E-state index in [-0.39, 0.29) is 6.04 Å². The molecule has 0 radical (unpaired) electrons. The van der Waals surface area contributed by atoms with Gasteiger partial charge in [-0.25, -0.2) is 0 Å². The highest BCUT2D eigenvalue weighted by molar-refractivity contribution is 9.10. The Morgan fingerprint density at radius 2 is 1.79 bits per heavy atom. The van der Waals surface area contributed by atoms with Gasteiger partial charge in [0.2, 0.25) is 0 Å². The summed E-state index contributed by atoms with van der Waals surface area (Å²) in [6.45, 7) is 3.98. The van der Waals surface area contributed by atoms with Crippen molar-refractivity contribution in [2.24, 2.45) is 5.73 Å². The van der Waals surface area contributed by atoms with E-state index in [9.17, 15) is 0 Å². The average Bonchev–Trinajstić information content (AvgIpc) is 2.36. The van der Waals surface area contributed by atoms with E-state index in [0.29, 0.717) is 0 Å². The van der Waals surface area contributed by atoms with Crippen molar-refractivity contribution in [2.45, 2.75) is 19.9 Å². The van der Waals surface area contributed by atoms with Gasteiger partial charge in [-0.15, -0.1) is 0 Å². The molecule has 19 heavy (non-hydrogen) atoms. The van der Waals surface area contributed by atoms with E-state index in [2.05, 4.69) is 31.9 Å². The van der Waals surface area contributed by atoms with E-state index in [0.717, 1.165) is 31.6 Å². The van der Waals surface area contributed by atoms with Crippen LogP contribution in [0, 0.1) is 6.92 Å². The number of benzene rings is 2. The molecule has 0 heterocycles. The quantitative estimate of drug-likeness (QED) is 0.775. The van der Waals surface area contributed by atoms with Crippen molar-refractivity contribution in [3.63, 3.8) is 0 Å². The number of aryl methyl sites for hydroxylation is 1. The van der Waals surface area contributed by atoms with Gasteiger partial charge in [-0.3, -0.25) is 0 Å². The molecule has 0 amide bonds. The molecule has 0 aromatic heterocycles. The highest BCUT2D eigenvalue weighted by atomic mass is 79.9. The van der Waals surface area contributed by atoms with Gasteiger partial charge in [-0.2, -0.15) is 0 Å². The summed E-state index contributed by atoms with van der Waals surface area (Å²) < 4.78 is 7.84. The molecule has 0 spiro atoms. The summed E-state index contributed by atoms with van der Waals surface area (Å²) in [6.07, 6.45) is 0. The third-order valence-corrected chi connectivity index (χ3v) is 3.96. The Kier molecular flexibility index (Phi) is 4.66. The van der Waals surface area contributed by atoms with Crippen LogP contribution in [-0.4, -0.2) is 0 Å². The lowest BCUT2D eigenvalue weighted by molar-refractivity contribution is 0.475. The van der Waals surface area contributed by atoms with E-state index in [4.69, 9.17) is 10.5 Å². The van der Waals surface area contributed by atoms with Gasteiger partial charge >= 0.3 is 0 Å². The Morgan fingerprint density at radius 1 is 1.05 bits per heavy atom. The smallest absolute Gasteiger partial charge is 0.141 e. The van der Waals surface area contributed by atoms with Crippen LogP contribution < -0.4 is 10.5 Å². The summed E-state index contributed by atoms with van der Waals surface area (Å²) in [5, 5.41) is 0. The van der Waals surface area contributed by atoms with Crippen LogP contribution in [0.4, 0.5) is 0 Å². The van der Waals surface area contributed by atoms with E-state index >= 15 is 0 Å². The van der Waals surface area contributed by atoms with Crippen LogP contribution in [0.3, 0.4) is 0 Å². The van der Waals surface area contributed by atoms with Crippen LogP contribution in [0.25, 0.3) is 0 Å². The first-order valence-corrected chi connectivity index (χ1v) is 7.55. The molecule has 1 atom stereocenters. The molecule has 2 N–H and O–H groups in total. The number of rotatable bonds is 3. The molecule has 0 saturated carbocycles. The van der Waals surface area contributed by atoms with Gasteiger partial charge in [0.1, 0.15) is 11.5 Å². The van der Waals surface area contributed by atoms with Crippen LogP contribution in [-0.2, 0) is 0 Å². The molecule has 0 bridgehead atoms. The molecular weight excluding hydrogens is 370 g/mol. The van der Waals surface area contributed by atoms with Crippen molar-refractivity contribution < 1.29 is 4.74 Å². The van der Waals surface area contributed by atoms with Crippen molar-refractivity contribution in [1.82, 2.24) is 0 Å². The molecule has 0 aliphatic carbocycles. The third kappa shape index (κ3) is 3.59. The van der Waals surface area contributed by atoms with Crippen LogP contribution in [0.5, 0.6) is 11.5 Å². The summed E-state index contributed by atoms with van der Waals surface area (Å²) in [5.74, 6) is 1.62. The maximum Gasteiger partial charge on any atom is 0.141 e. The SMILES string of the molecule is Cc1ccc(Br)cc1Oc1ccc([C@@H](C)N)cc1Br. The number of halogens is 2. The summed E-state index contributed by atoms with van der Waals surface area (Å²) in [5.41, 5.74) is 8.02. The second-order valence-electron chi connectivity index (χ2n) is 4.49. The normalized spacial score (nSPS) is 12.3. The minimum Gasteiger partial charge on any atom is -0.456 e. The number of ether oxygens (including phenoxy) is 1. The monoisotopic (exact) mass is 383 g/mol. The van der Waals surface area contributed by atoms with E-state index < -0.39 is 0 Å². The molecule has 0 saturated heterocycles. The zero-order chi connectivity index (χ0) is 14.0. The molecule has 100 valence electrons. The standard InChI is InChI=1S/C15H15Br2NO/c1-9-3-5-12(16)8-15(9)19-14-6-4-11(10(2)18)7-13(14)17/h3-8,10H,18H2,1-2H3/t10-/m1/s1. The maximum atomic E-state index is 5.94. The zero-order valence-electron chi connectivity index (χ0n) is 10.8. The van der Waals surface area contributed by atoms with Crippen molar-refractivity contribution in [3.05, 3.63) is 56.5 Å². The van der Waals surface area contributed by atoms with Gasteiger partial charge in [-0.1, -0.05) is 28.1 Å². The van der Waals surface area contributed by atoms with Crippen LogP contribution in [0.1, 0.15) is 24.1 Å². The predicted octanol–water partition coefficient (Wildman–Crippen LogP) is 5.33. The van der Waals surface area contributed by atoms with Crippen molar-refractivity contribution in [1.29, 1.82) is 0 Å². The van der Waals surface area contributed by atoms with E-state index in [1.54, 1.807) is 0 Å². The fourth-order valence-electron chi connectivity index (χ4n) is 1.69. The lowest BCUT2D eigenvalue weighted by Crippen LogP contribution is -2.04. The molecule has 2 aromatic carbocycles. The molecule has 0 aliphatic rings. The highest BCUT2D eigenvalue weighted by Gasteiger charge is 2.08. The molecule has 0 fully saturated rings. The molecule has 2 rings (SSSR count). The first-order valence-electron chi connectivity index (χ1n) is 5.96. The van der Waals surface area contributed by atoms with Gasteiger partial charge in [0.25, 0.3) is 0 Å². The Hall–Kier alpha value is -0.840. The Bertz CT molecular complexity index is 597. The molecule has 2 aromatic rings. The van der Waals surface area contributed by atoms with Crippen molar-refractivity contribution in [2.75, 3.05) is 0 Å². The molecule has 2 nitrogen and oxygen atoms in total. The van der Waals surface area contributed by atoms with E-state index in [1.165, 1.54) is 0 Å². The molecule has 0 unspecified atom stereocenters. The number of hydrogen-bond donors (Lipinski definition) is 1. The fourth-order valence-corrected chi connectivity index (χ4v) is 2.50. The minimum atomic E-state index is 0.0120. The first-order chi connectivity index (χ1) is 8.97. The molecule has 0 aliphatic heterocycles. The first kappa shape index (κ1) is 14.6. The Balaban J connectivity index is 2.31. The van der Waals surface area contributed by atoms with Crippen LogP contribution in [0.2, 0.25) is 0 Å². The largest absolute Gasteiger partial charge is 0.456 e. The fraction of sp³-hybridized carbons (Fsp3) is 0.200. The second-order valence-corrected chi connectivity index (χ2v) is 6.26. The summed E-state index contributed by atoms with van der Waals surface area (Å²) in [7, 11) is 0. The lowest BCUT2D eigenvalue weighted by atomic mass is 10.1. The van der Waals surface area contributed by atoms with Gasteiger partial charge in [0, 0.05) is 10.5 Å². The average molecular weight is 385 g/mol. The van der Waals surface area contributed by atoms with Gasteiger partial charge in [-0.05, 0) is 65.2 Å². The summed E-state index contributed by atoms with van der Waals surface area (Å²) in [4.78, 5) is 0. The lowest BCUT2D eigenvalue weighted by Gasteiger charge is -2.13. The van der Waals surface area contributed by atoms with Gasteiger partial charge in [0.15, 0.2) is 0 Å². The maximum absolute atomic E-state index is 5.94. The van der Waals surface area contributed by atoms with Crippen LogP contribution in [0.15, 0.2) is 45.3 Å². The highest BCUT2D eigenvalue weighted by Crippen LogP contribution is 2.34. The van der Waals surface area contributed by atoms with Crippen molar-refractivity contribution >= 4 is 31.9 Å². The Labute approximate surface area is 130 Å². The van der Waals surface area contributed by atoms with Crippen LogP contribution >= 0.6 is 31.9 Å². The number of hydrogen-bond acceptors (Lipinski definition) is 2. The Morgan fingerprint density at radius 3 is 2.42 bits per heavy atom. The second kappa shape index (κ2) is 6.07. The molecule has 4 heteroatoms. The van der Waals surface area contributed by atoms with Crippen molar-refractivity contribution in [3.8, 4) is 11.5 Å². The van der Waals surface area contributed by atoms with E-state index in [1.807, 2.05) is 50.2 Å². The number of nitrogens with two attached hydrogens (primary N) is 1. The zero-order valence-corrected chi connectivity index (χ0v) is 14.0. The predicted molar refractivity (Wildman–Crippen MR) is 85.7 cm³/mol. The minimum absolute atomic E-state index is 0.0120. The van der Waals surface area contributed by atoms with Gasteiger partial charge in [0.05, 0.1) is 4.47 Å². The molecular formula is C15H15Br2NO. The topological polar surface area (TPSA) is 35.2 Å². The summed E-state index contributed by atoms with van der Waals surface area (Å²) >= 11 is 6.97. The van der Waals surface area contributed by atoms with Gasteiger partial charge < -0.3 is 10.5 Å². The third-order valence-electron chi connectivity index (χ3n) is 2.85. The summed E-state index contributed by atoms with van der Waals surface area (Å²) in [6, 6.07) is 11.9.